The highest BCUT2D eigenvalue weighted by molar-refractivity contribution is 5.88. The quantitative estimate of drug-likeness (QED) is 0.877. The smallest absolute Gasteiger partial charge is 0.130 e. The summed E-state index contributed by atoms with van der Waals surface area (Å²) in [6, 6.07) is 6.01. The lowest BCUT2D eigenvalue weighted by Gasteiger charge is -2.12. The van der Waals surface area contributed by atoms with Crippen LogP contribution < -0.4 is 10.1 Å². The molecular formula is C14H16N2O. The Labute approximate surface area is 101 Å². The molecule has 0 aliphatic carbocycles. The van der Waals surface area contributed by atoms with Gasteiger partial charge in [0.05, 0.1) is 12.6 Å². The first-order valence-corrected chi connectivity index (χ1v) is 5.47. The van der Waals surface area contributed by atoms with Crippen LogP contribution in [0.2, 0.25) is 0 Å². The second-order valence-corrected chi connectivity index (χ2v) is 3.93. The van der Waals surface area contributed by atoms with E-state index in [0.717, 1.165) is 27.9 Å². The number of rotatable bonds is 3. The van der Waals surface area contributed by atoms with Crippen molar-refractivity contribution in [1.82, 2.24) is 10.3 Å². The Morgan fingerprint density at radius 1 is 1.41 bits per heavy atom. The zero-order valence-corrected chi connectivity index (χ0v) is 10.4. The summed E-state index contributed by atoms with van der Waals surface area (Å²) in [5.41, 5.74) is 3.95. The molecule has 3 heteroatoms. The van der Waals surface area contributed by atoms with Crippen LogP contribution in [-0.4, -0.2) is 19.1 Å². The molecule has 0 aliphatic rings. The molecule has 0 bridgehead atoms. The molecule has 2 aromatic rings. The number of hydrogen-bond donors (Lipinski definition) is 1. The first-order chi connectivity index (χ1) is 8.17. The van der Waals surface area contributed by atoms with Crippen LogP contribution in [-0.2, 0) is 0 Å². The van der Waals surface area contributed by atoms with E-state index in [2.05, 4.69) is 29.9 Å². The largest absolute Gasteiger partial charge is 0.496 e. The van der Waals surface area contributed by atoms with E-state index >= 15 is 0 Å². The second kappa shape index (κ2) is 4.45. The maximum Gasteiger partial charge on any atom is 0.130 e. The van der Waals surface area contributed by atoms with Gasteiger partial charge in [0.2, 0.25) is 0 Å². The third-order valence-electron chi connectivity index (χ3n) is 2.91. The Bertz CT molecular complexity index is 576. The molecule has 0 spiro atoms. The Morgan fingerprint density at radius 3 is 2.82 bits per heavy atom. The van der Waals surface area contributed by atoms with Crippen molar-refractivity contribution in [1.29, 1.82) is 0 Å². The number of aromatic nitrogens is 1. The van der Waals surface area contributed by atoms with Crippen molar-refractivity contribution < 1.29 is 4.74 Å². The summed E-state index contributed by atoms with van der Waals surface area (Å²) < 4.78 is 5.38. The number of ether oxygens (including phenoxy) is 1. The minimum absolute atomic E-state index is 0.787. The standard InChI is InChI=1S/C14H16N2O/c1-9-5-6-16-13-8-14(17-4)12(7-11(9)13)10(2)15-3/h5-8,15H,2H2,1,3-4H3. The summed E-state index contributed by atoms with van der Waals surface area (Å²) in [5, 5.41) is 4.17. The Hall–Kier alpha value is -2.03. The van der Waals surface area contributed by atoms with Crippen LogP contribution >= 0.6 is 0 Å². The minimum atomic E-state index is 0.787. The SMILES string of the molecule is C=C(NC)c1cc2c(C)ccnc2cc1OC. The van der Waals surface area contributed by atoms with Crippen LogP contribution in [0.25, 0.3) is 16.6 Å². The van der Waals surface area contributed by atoms with Crippen LogP contribution in [0.5, 0.6) is 5.75 Å². The van der Waals surface area contributed by atoms with Gasteiger partial charge in [-0.3, -0.25) is 4.98 Å². The van der Waals surface area contributed by atoms with E-state index in [-0.39, 0.29) is 0 Å². The fourth-order valence-corrected chi connectivity index (χ4v) is 1.85. The van der Waals surface area contributed by atoms with Gasteiger partial charge in [-0.05, 0) is 24.6 Å². The summed E-state index contributed by atoms with van der Waals surface area (Å²) in [7, 11) is 3.51. The molecule has 1 aromatic heterocycles. The highest BCUT2D eigenvalue weighted by atomic mass is 16.5. The van der Waals surface area contributed by atoms with Gasteiger partial charge in [0, 0.05) is 36.0 Å². The van der Waals surface area contributed by atoms with Crippen molar-refractivity contribution in [2.75, 3.05) is 14.2 Å². The molecule has 0 atom stereocenters. The highest BCUT2D eigenvalue weighted by Gasteiger charge is 2.09. The predicted molar refractivity (Wildman–Crippen MR) is 71.1 cm³/mol. The molecular weight excluding hydrogens is 212 g/mol. The van der Waals surface area contributed by atoms with Crippen LogP contribution in [0.4, 0.5) is 0 Å². The third-order valence-corrected chi connectivity index (χ3v) is 2.91. The normalized spacial score (nSPS) is 10.3. The van der Waals surface area contributed by atoms with E-state index in [4.69, 9.17) is 4.74 Å². The van der Waals surface area contributed by atoms with Crippen molar-refractivity contribution in [3.63, 3.8) is 0 Å². The average molecular weight is 228 g/mol. The lowest BCUT2D eigenvalue weighted by Crippen LogP contribution is -2.05. The van der Waals surface area contributed by atoms with Gasteiger partial charge in [0.1, 0.15) is 5.75 Å². The van der Waals surface area contributed by atoms with Crippen LogP contribution in [0.1, 0.15) is 11.1 Å². The van der Waals surface area contributed by atoms with Crippen molar-refractivity contribution in [3.05, 3.63) is 42.1 Å². The lowest BCUT2D eigenvalue weighted by atomic mass is 10.0. The molecule has 0 saturated heterocycles. The van der Waals surface area contributed by atoms with E-state index in [9.17, 15) is 0 Å². The summed E-state index contributed by atoms with van der Waals surface area (Å²) in [6.07, 6.45) is 1.81. The van der Waals surface area contributed by atoms with Crippen molar-refractivity contribution >= 4 is 16.6 Å². The molecule has 1 aromatic carbocycles. The van der Waals surface area contributed by atoms with Gasteiger partial charge >= 0.3 is 0 Å². The molecule has 17 heavy (non-hydrogen) atoms. The Balaban J connectivity index is 2.74. The fourth-order valence-electron chi connectivity index (χ4n) is 1.85. The maximum absolute atomic E-state index is 5.38. The third kappa shape index (κ3) is 1.96. The van der Waals surface area contributed by atoms with Crippen molar-refractivity contribution in [2.24, 2.45) is 0 Å². The first-order valence-electron chi connectivity index (χ1n) is 5.47. The Kier molecular flexibility index (Phi) is 3.00. The average Bonchev–Trinajstić information content (AvgIpc) is 2.37. The number of pyridine rings is 1. The van der Waals surface area contributed by atoms with Crippen LogP contribution in [0, 0.1) is 6.92 Å². The molecule has 0 unspecified atom stereocenters. The van der Waals surface area contributed by atoms with E-state index < -0.39 is 0 Å². The summed E-state index contributed by atoms with van der Waals surface area (Å²) in [5.74, 6) is 0.787. The number of hydrogen-bond acceptors (Lipinski definition) is 3. The molecule has 0 amide bonds. The number of benzene rings is 1. The van der Waals surface area contributed by atoms with E-state index in [1.165, 1.54) is 5.56 Å². The molecule has 1 N–H and O–H groups in total. The van der Waals surface area contributed by atoms with E-state index in [0.29, 0.717) is 0 Å². The van der Waals surface area contributed by atoms with Gasteiger partial charge in [-0.25, -0.2) is 0 Å². The van der Waals surface area contributed by atoms with Crippen molar-refractivity contribution in [2.45, 2.75) is 6.92 Å². The second-order valence-electron chi connectivity index (χ2n) is 3.93. The van der Waals surface area contributed by atoms with Gasteiger partial charge in [-0.2, -0.15) is 0 Å². The monoisotopic (exact) mass is 228 g/mol. The first kappa shape index (κ1) is 11.5. The van der Waals surface area contributed by atoms with E-state index in [1.807, 2.05) is 25.4 Å². The molecule has 3 nitrogen and oxygen atoms in total. The van der Waals surface area contributed by atoms with Gasteiger partial charge in [-0.1, -0.05) is 6.58 Å². The number of aryl methyl sites for hydroxylation is 1. The zero-order chi connectivity index (χ0) is 12.4. The zero-order valence-electron chi connectivity index (χ0n) is 10.4. The van der Waals surface area contributed by atoms with Crippen molar-refractivity contribution in [3.8, 4) is 5.75 Å². The highest BCUT2D eigenvalue weighted by Crippen LogP contribution is 2.29. The minimum Gasteiger partial charge on any atom is -0.496 e. The van der Waals surface area contributed by atoms with Gasteiger partial charge < -0.3 is 10.1 Å². The molecule has 0 saturated carbocycles. The summed E-state index contributed by atoms with van der Waals surface area (Å²) in [6.45, 7) is 6.05. The maximum atomic E-state index is 5.38. The van der Waals surface area contributed by atoms with E-state index in [1.54, 1.807) is 7.11 Å². The summed E-state index contributed by atoms with van der Waals surface area (Å²) >= 11 is 0. The number of nitrogens with zero attached hydrogens (tertiary/aromatic N) is 1. The topological polar surface area (TPSA) is 34.2 Å². The number of fused-ring (bicyclic) bond motifs is 1. The lowest BCUT2D eigenvalue weighted by molar-refractivity contribution is 0.414. The summed E-state index contributed by atoms with van der Waals surface area (Å²) in [4.78, 5) is 4.35. The van der Waals surface area contributed by atoms with Gasteiger partial charge in [0.25, 0.3) is 0 Å². The van der Waals surface area contributed by atoms with Crippen LogP contribution in [0.3, 0.4) is 0 Å². The molecule has 0 aliphatic heterocycles. The number of nitrogens with one attached hydrogen (secondary N) is 1. The molecule has 1 heterocycles. The fraction of sp³-hybridized carbons (Fsp3) is 0.214. The molecule has 2 rings (SSSR count). The molecule has 0 fully saturated rings. The molecule has 0 radical (unpaired) electrons. The van der Waals surface area contributed by atoms with Gasteiger partial charge in [-0.15, -0.1) is 0 Å². The predicted octanol–water partition coefficient (Wildman–Crippen LogP) is 2.74. The van der Waals surface area contributed by atoms with Gasteiger partial charge in [0.15, 0.2) is 0 Å². The Morgan fingerprint density at radius 2 is 2.18 bits per heavy atom. The number of methoxy groups -OCH3 is 1. The van der Waals surface area contributed by atoms with Crippen LogP contribution in [0.15, 0.2) is 31.0 Å². The molecule has 88 valence electrons.